The standard InChI is InChI=1S/C13H12ClNO2/c1-2-11-9(8-14)7-12(17-11)13(16)10-5-3-4-6-15-10/h3-7H,2,8H2,1H3. The van der Waals surface area contributed by atoms with Gasteiger partial charge in [0.1, 0.15) is 11.5 Å². The molecule has 0 aliphatic heterocycles. The van der Waals surface area contributed by atoms with Crippen LogP contribution in [0.3, 0.4) is 0 Å². The van der Waals surface area contributed by atoms with Crippen LogP contribution < -0.4 is 0 Å². The summed E-state index contributed by atoms with van der Waals surface area (Å²) in [6, 6.07) is 6.90. The van der Waals surface area contributed by atoms with Gasteiger partial charge in [-0.1, -0.05) is 13.0 Å². The van der Waals surface area contributed by atoms with Gasteiger partial charge in [0, 0.05) is 18.2 Å². The number of hydrogen-bond donors (Lipinski definition) is 0. The molecule has 0 aliphatic carbocycles. The van der Waals surface area contributed by atoms with Crippen LogP contribution in [0.15, 0.2) is 34.9 Å². The summed E-state index contributed by atoms with van der Waals surface area (Å²) in [7, 11) is 0. The summed E-state index contributed by atoms with van der Waals surface area (Å²) in [5.41, 5.74) is 1.25. The molecule has 0 atom stereocenters. The fourth-order valence-corrected chi connectivity index (χ4v) is 1.84. The number of alkyl halides is 1. The average molecular weight is 250 g/mol. The molecule has 0 fully saturated rings. The summed E-state index contributed by atoms with van der Waals surface area (Å²) in [6.07, 6.45) is 2.30. The maximum atomic E-state index is 12.0. The van der Waals surface area contributed by atoms with Crippen molar-refractivity contribution in [3.63, 3.8) is 0 Å². The first-order chi connectivity index (χ1) is 8.26. The number of halogens is 1. The van der Waals surface area contributed by atoms with Gasteiger partial charge in [-0.2, -0.15) is 0 Å². The second-order valence-corrected chi connectivity index (χ2v) is 3.86. The first-order valence-electron chi connectivity index (χ1n) is 5.39. The Morgan fingerprint density at radius 1 is 1.47 bits per heavy atom. The Morgan fingerprint density at radius 2 is 2.29 bits per heavy atom. The molecule has 0 aromatic carbocycles. The van der Waals surface area contributed by atoms with Gasteiger partial charge in [0.15, 0.2) is 5.76 Å². The lowest BCUT2D eigenvalue weighted by molar-refractivity contribution is 0.100. The molecule has 17 heavy (non-hydrogen) atoms. The Balaban J connectivity index is 2.35. The number of furan rings is 1. The molecule has 0 unspecified atom stereocenters. The molecule has 2 heterocycles. The van der Waals surface area contributed by atoms with Gasteiger partial charge in [-0.05, 0) is 18.2 Å². The second kappa shape index (κ2) is 5.15. The van der Waals surface area contributed by atoms with Crippen LogP contribution in [-0.4, -0.2) is 10.8 Å². The van der Waals surface area contributed by atoms with Gasteiger partial charge >= 0.3 is 0 Å². The highest BCUT2D eigenvalue weighted by Gasteiger charge is 2.17. The quantitative estimate of drug-likeness (QED) is 0.617. The van der Waals surface area contributed by atoms with Gasteiger partial charge in [0.05, 0.1) is 5.88 Å². The first-order valence-corrected chi connectivity index (χ1v) is 5.93. The van der Waals surface area contributed by atoms with Gasteiger partial charge in [-0.25, -0.2) is 0 Å². The normalized spacial score (nSPS) is 10.5. The largest absolute Gasteiger partial charge is 0.457 e. The van der Waals surface area contributed by atoms with Crippen LogP contribution in [0.2, 0.25) is 0 Å². The molecule has 0 radical (unpaired) electrons. The molecular weight excluding hydrogens is 238 g/mol. The predicted octanol–water partition coefficient (Wildman–Crippen LogP) is 3.21. The number of rotatable bonds is 4. The van der Waals surface area contributed by atoms with E-state index >= 15 is 0 Å². The minimum Gasteiger partial charge on any atom is -0.457 e. The highest BCUT2D eigenvalue weighted by molar-refractivity contribution is 6.17. The Kier molecular flexibility index (Phi) is 3.59. The maximum Gasteiger partial charge on any atom is 0.246 e. The van der Waals surface area contributed by atoms with Crippen LogP contribution in [0.5, 0.6) is 0 Å². The van der Waals surface area contributed by atoms with Gasteiger partial charge in [-0.3, -0.25) is 9.78 Å². The van der Waals surface area contributed by atoms with Crippen molar-refractivity contribution in [1.29, 1.82) is 0 Å². The number of ketones is 1. The molecule has 0 saturated carbocycles. The van der Waals surface area contributed by atoms with Crippen molar-refractivity contribution in [3.8, 4) is 0 Å². The Bertz CT molecular complexity index is 498. The fourth-order valence-electron chi connectivity index (χ4n) is 1.61. The van der Waals surface area contributed by atoms with Crippen LogP contribution in [-0.2, 0) is 12.3 Å². The van der Waals surface area contributed by atoms with E-state index in [1.54, 1.807) is 30.5 Å². The van der Waals surface area contributed by atoms with Gasteiger partial charge in [0.25, 0.3) is 0 Å². The van der Waals surface area contributed by atoms with E-state index in [1.165, 1.54) is 0 Å². The number of nitrogens with zero attached hydrogens (tertiary/aromatic N) is 1. The number of aryl methyl sites for hydroxylation is 1. The number of carbonyl (C=O) groups is 1. The zero-order valence-electron chi connectivity index (χ0n) is 9.44. The Hall–Kier alpha value is -1.61. The molecule has 0 bridgehead atoms. The van der Waals surface area contributed by atoms with E-state index in [0.717, 1.165) is 17.7 Å². The zero-order chi connectivity index (χ0) is 12.3. The van der Waals surface area contributed by atoms with Crippen molar-refractivity contribution in [1.82, 2.24) is 4.98 Å². The smallest absolute Gasteiger partial charge is 0.246 e. The summed E-state index contributed by atoms with van der Waals surface area (Å²) < 4.78 is 5.50. The highest BCUT2D eigenvalue weighted by Crippen LogP contribution is 2.20. The molecular formula is C13H12ClNO2. The van der Waals surface area contributed by atoms with Gasteiger partial charge in [-0.15, -0.1) is 11.6 Å². The second-order valence-electron chi connectivity index (χ2n) is 3.59. The van der Waals surface area contributed by atoms with Crippen molar-refractivity contribution >= 4 is 17.4 Å². The molecule has 4 heteroatoms. The minimum absolute atomic E-state index is 0.211. The van der Waals surface area contributed by atoms with Crippen LogP contribution in [0, 0.1) is 0 Å². The summed E-state index contributed by atoms with van der Waals surface area (Å²) in [5, 5.41) is 0. The Morgan fingerprint density at radius 3 is 2.82 bits per heavy atom. The third-order valence-corrected chi connectivity index (χ3v) is 2.77. The third-order valence-electron chi connectivity index (χ3n) is 2.48. The molecule has 2 aromatic rings. The molecule has 0 aliphatic rings. The van der Waals surface area contributed by atoms with Crippen molar-refractivity contribution < 1.29 is 9.21 Å². The summed E-state index contributed by atoms with van der Waals surface area (Å²) >= 11 is 5.79. The molecule has 0 amide bonds. The summed E-state index contributed by atoms with van der Waals surface area (Å²) in [4.78, 5) is 16.0. The fraction of sp³-hybridized carbons (Fsp3) is 0.231. The average Bonchev–Trinajstić information content (AvgIpc) is 2.82. The zero-order valence-corrected chi connectivity index (χ0v) is 10.2. The lowest BCUT2D eigenvalue weighted by atomic mass is 10.2. The number of aromatic nitrogens is 1. The van der Waals surface area contributed by atoms with E-state index in [9.17, 15) is 4.79 Å². The van der Waals surface area contributed by atoms with Gasteiger partial charge in [0.2, 0.25) is 5.78 Å². The van der Waals surface area contributed by atoms with Crippen LogP contribution in [0.25, 0.3) is 0 Å². The van der Waals surface area contributed by atoms with Crippen molar-refractivity contribution in [2.45, 2.75) is 19.2 Å². The van der Waals surface area contributed by atoms with Crippen LogP contribution in [0.4, 0.5) is 0 Å². The third kappa shape index (κ3) is 2.39. The number of carbonyl (C=O) groups excluding carboxylic acids is 1. The molecule has 2 aromatic heterocycles. The highest BCUT2D eigenvalue weighted by atomic mass is 35.5. The lowest BCUT2D eigenvalue weighted by Gasteiger charge is -1.95. The Labute approximate surface area is 104 Å². The molecule has 0 saturated heterocycles. The molecule has 0 N–H and O–H groups in total. The first kappa shape index (κ1) is 11.9. The molecule has 3 nitrogen and oxygen atoms in total. The minimum atomic E-state index is -0.211. The summed E-state index contributed by atoms with van der Waals surface area (Å²) in [5.74, 6) is 1.20. The lowest BCUT2D eigenvalue weighted by Crippen LogP contribution is -2.01. The summed E-state index contributed by atoms with van der Waals surface area (Å²) in [6.45, 7) is 1.96. The van der Waals surface area contributed by atoms with Crippen LogP contribution in [0.1, 0.15) is 34.5 Å². The molecule has 88 valence electrons. The maximum absolute atomic E-state index is 12.0. The van der Waals surface area contributed by atoms with Crippen molar-refractivity contribution in [2.75, 3.05) is 0 Å². The van der Waals surface area contributed by atoms with E-state index in [4.69, 9.17) is 16.0 Å². The number of hydrogen-bond acceptors (Lipinski definition) is 3. The van der Waals surface area contributed by atoms with Gasteiger partial charge < -0.3 is 4.42 Å². The van der Waals surface area contributed by atoms with E-state index in [1.807, 2.05) is 6.92 Å². The monoisotopic (exact) mass is 249 g/mol. The SMILES string of the molecule is CCc1oc(C(=O)c2ccccn2)cc1CCl. The predicted molar refractivity (Wildman–Crippen MR) is 65.3 cm³/mol. The van der Waals surface area contributed by atoms with Crippen molar-refractivity contribution in [3.05, 3.63) is 53.2 Å². The molecule has 0 spiro atoms. The van der Waals surface area contributed by atoms with E-state index in [-0.39, 0.29) is 5.78 Å². The van der Waals surface area contributed by atoms with E-state index in [0.29, 0.717) is 17.3 Å². The number of pyridine rings is 1. The topological polar surface area (TPSA) is 43.1 Å². The van der Waals surface area contributed by atoms with Crippen molar-refractivity contribution in [2.24, 2.45) is 0 Å². The molecule has 2 rings (SSSR count). The van der Waals surface area contributed by atoms with Crippen LogP contribution >= 0.6 is 11.6 Å². The van der Waals surface area contributed by atoms with E-state index in [2.05, 4.69) is 4.98 Å². The van der Waals surface area contributed by atoms with E-state index < -0.39 is 0 Å².